The molecule has 9 heteroatoms. The number of fused-ring (bicyclic) bond motifs is 1. The topological polar surface area (TPSA) is 86.7 Å². The number of carbonyl (C=O) groups excluding carboxylic acids is 2. The van der Waals surface area contributed by atoms with Crippen molar-refractivity contribution in [3.8, 4) is 11.3 Å². The molecule has 0 bridgehead atoms. The van der Waals surface area contributed by atoms with E-state index >= 15 is 0 Å². The number of ether oxygens (including phenoxy) is 1. The maximum Gasteiger partial charge on any atom is 0.325 e. The number of thiazole rings is 1. The molecular weight excluding hydrogens is 426 g/mol. The van der Waals surface area contributed by atoms with Crippen LogP contribution in [0.25, 0.3) is 21.5 Å². The predicted molar refractivity (Wildman–Crippen MR) is 113 cm³/mol. The van der Waals surface area contributed by atoms with Gasteiger partial charge in [0.05, 0.1) is 22.3 Å². The number of hydrogen-bond donors (Lipinski definition) is 0. The molecule has 2 aromatic heterocycles. The Bertz CT molecular complexity index is 1340. The van der Waals surface area contributed by atoms with E-state index in [1.807, 2.05) is 24.3 Å². The van der Waals surface area contributed by atoms with Gasteiger partial charge in [-0.2, -0.15) is 4.99 Å². The monoisotopic (exact) mass is 441 g/mol. The average Bonchev–Trinajstić information content (AvgIpc) is 3.29. The molecule has 0 saturated heterocycles. The second kappa shape index (κ2) is 8.25. The van der Waals surface area contributed by atoms with Gasteiger partial charge in [-0.25, -0.2) is 0 Å². The minimum atomic E-state index is -0.533. The van der Waals surface area contributed by atoms with Gasteiger partial charge < -0.3 is 13.8 Å². The zero-order chi connectivity index (χ0) is 21.3. The Morgan fingerprint density at radius 3 is 2.70 bits per heavy atom. The molecule has 0 aliphatic rings. The molecule has 4 aromatic rings. The first-order valence-corrected chi connectivity index (χ1v) is 10.1. The number of benzene rings is 2. The van der Waals surface area contributed by atoms with Crippen molar-refractivity contribution in [1.82, 2.24) is 9.72 Å². The lowest BCUT2D eigenvalue weighted by atomic mass is 10.1. The maximum atomic E-state index is 13.2. The Morgan fingerprint density at radius 2 is 1.93 bits per heavy atom. The molecule has 0 atom stereocenters. The number of nitrogens with zero attached hydrogens (tertiary/aromatic N) is 3. The first-order valence-electron chi connectivity index (χ1n) is 8.95. The van der Waals surface area contributed by atoms with Gasteiger partial charge in [0.15, 0.2) is 4.80 Å². The summed E-state index contributed by atoms with van der Waals surface area (Å²) in [5.74, 6) is -0.640. The number of hydrogen-bond acceptors (Lipinski definition) is 6. The minimum Gasteiger partial charge on any atom is -0.468 e. The van der Waals surface area contributed by atoms with Crippen LogP contribution in [0, 0.1) is 6.92 Å². The van der Waals surface area contributed by atoms with Crippen molar-refractivity contribution < 1.29 is 18.8 Å². The zero-order valence-electron chi connectivity index (χ0n) is 16.1. The van der Waals surface area contributed by atoms with E-state index in [2.05, 4.69) is 10.1 Å². The highest BCUT2D eigenvalue weighted by molar-refractivity contribution is 7.16. The Kier molecular flexibility index (Phi) is 5.52. The summed E-state index contributed by atoms with van der Waals surface area (Å²) < 4.78 is 12.6. The van der Waals surface area contributed by atoms with Crippen molar-refractivity contribution >= 4 is 45.0 Å². The first kappa shape index (κ1) is 20.1. The van der Waals surface area contributed by atoms with Gasteiger partial charge in [-0.15, -0.1) is 0 Å². The van der Waals surface area contributed by atoms with Crippen LogP contribution in [0.4, 0.5) is 0 Å². The molecule has 4 rings (SSSR count). The van der Waals surface area contributed by atoms with Crippen molar-refractivity contribution in [2.75, 3.05) is 7.11 Å². The standard InChI is InChI=1S/C21H16ClN3O4S/c1-12-18(19(24-29-12)13-7-3-4-8-14(13)22)20(27)23-21-25(11-17(26)28-2)15-9-5-6-10-16(15)30-21/h3-10H,11H2,1-2H3. The van der Waals surface area contributed by atoms with E-state index in [-0.39, 0.29) is 12.1 Å². The summed E-state index contributed by atoms with van der Waals surface area (Å²) in [6, 6.07) is 14.6. The van der Waals surface area contributed by atoms with Crippen molar-refractivity contribution in [2.24, 2.45) is 4.99 Å². The van der Waals surface area contributed by atoms with Crippen molar-refractivity contribution in [2.45, 2.75) is 13.5 Å². The van der Waals surface area contributed by atoms with E-state index in [9.17, 15) is 9.59 Å². The summed E-state index contributed by atoms with van der Waals surface area (Å²) in [7, 11) is 1.32. The average molecular weight is 442 g/mol. The van der Waals surface area contributed by atoms with Gasteiger partial charge >= 0.3 is 5.97 Å². The Balaban J connectivity index is 1.86. The van der Waals surface area contributed by atoms with Gasteiger partial charge in [-0.05, 0) is 25.1 Å². The number of aromatic nitrogens is 2. The smallest absolute Gasteiger partial charge is 0.325 e. The summed E-state index contributed by atoms with van der Waals surface area (Å²) in [5, 5.41) is 4.47. The third-order valence-corrected chi connectivity index (χ3v) is 5.89. The number of rotatable bonds is 4. The molecule has 0 aliphatic carbocycles. The van der Waals surface area contributed by atoms with E-state index in [1.165, 1.54) is 18.4 Å². The Labute approximate surface area is 180 Å². The van der Waals surface area contributed by atoms with E-state index in [0.29, 0.717) is 26.8 Å². The highest BCUT2D eigenvalue weighted by Crippen LogP contribution is 2.31. The highest BCUT2D eigenvalue weighted by atomic mass is 35.5. The molecule has 30 heavy (non-hydrogen) atoms. The van der Waals surface area contributed by atoms with Gasteiger partial charge in [-0.3, -0.25) is 9.59 Å². The number of methoxy groups -OCH3 is 1. The van der Waals surface area contributed by atoms with E-state index in [1.54, 1.807) is 35.8 Å². The SMILES string of the molecule is COC(=O)Cn1c(=NC(=O)c2c(-c3ccccc3Cl)noc2C)sc2ccccc21. The number of carbonyl (C=O) groups is 2. The third kappa shape index (κ3) is 3.67. The lowest BCUT2D eigenvalue weighted by Gasteiger charge is -2.04. The number of halogens is 1. The molecule has 152 valence electrons. The Morgan fingerprint density at radius 1 is 1.20 bits per heavy atom. The molecule has 1 amide bonds. The number of amides is 1. The summed E-state index contributed by atoms with van der Waals surface area (Å²) in [6.07, 6.45) is 0. The van der Waals surface area contributed by atoms with Crippen LogP contribution in [-0.4, -0.2) is 28.7 Å². The largest absolute Gasteiger partial charge is 0.468 e. The van der Waals surface area contributed by atoms with Crippen LogP contribution in [0.1, 0.15) is 16.1 Å². The molecule has 7 nitrogen and oxygen atoms in total. The fourth-order valence-corrected chi connectivity index (χ4v) is 4.31. The van der Waals surface area contributed by atoms with Crippen molar-refractivity contribution in [3.63, 3.8) is 0 Å². The molecule has 0 saturated carbocycles. The van der Waals surface area contributed by atoms with Crippen molar-refractivity contribution in [3.05, 3.63) is 69.7 Å². The van der Waals surface area contributed by atoms with Crippen LogP contribution < -0.4 is 4.80 Å². The van der Waals surface area contributed by atoms with Gasteiger partial charge in [0.1, 0.15) is 23.6 Å². The molecular formula is C21H16ClN3O4S. The first-order chi connectivity index (χ1) is 14.5. The highest BCUT2D eigenvalue weighted by Gasteiger charge is 2.23. The summed E-state index contributed by atoms with van der Waals surface area (Å²) in [6.45, 7) is 1.58. The number of para-hydroxylation sites is 1. The molecule has 0 N–H and O–H groups in total. The Hall–Kier alpha value is -3.23. The molecule has 0 unspecified atom stereocenters. The normalized spacial score (nSPS) is 11.8. The van der Waals surface area contributed by atoms with Crippen LogP contribution in [-0.2, 0) is 16.1 Å². The summed E-state index contributed by atoms with van der Waals surface area (Å²) >= 11 is 7.58. The minimum absolute atomic E-state index is 0.0629. The fourth-order valence-electron chi connectivity index (χ4n) is 3.06. The molecule has 2 heterocycles. The molecule has 0 fully saturated rings. The maximum absolute atomic E-state index is 13.2. The second-order valence-electron chi connectivity index (χ2n) is 6.37. The van der Waals surface area contributed by atoms with E-state index in [4.69, 9.17) is 20.9 Å². The van der Waals surface area contributed by atoms with Gasteiger partial charge in [-0.1, -0.05) is 58.4 Å². The van der Waals surface area contributed by atoms with Gasteiger partial charge in [0.2, 0.25) is 0 Å². The van der Waals surface area contributed by atoms with Crippen LogP contribution >= 0.6 is 22.9 Å². The number of aryl methyl sites for hydroxylation is 1. The summed E-state index contributed by atoms with van der Waals surface area (Å²) in [4.78, 5) is 29.7. The fraction of sp³-hybridized carbons (Fsp3) is 0.143. The molecule has 0 radical (unpaired) electrons. The van der Waals surface area contributed by atoms with Crippen LogP contribution in [0.15, 0.2) is 58.0 Å². The lowest BCUT2D eigenvalue weighted by Crippen LogP contribution is -2.22. The van der Waals surface area contributed by atoms with Crippen molar-refractivity contribution in [1.29, 1.82) is 0 Å². The van der Waals surface area contributed by atoms with Crippen LogP contribution in [0.3, 0.4) is 0 Å². The molecule has 0 spiro atoms. The lowest BCUT2D eigenvalue weighted by molar-refractivity contribution is -0.141. The summed E-state index contributed by atoms with van der Waals surface area (Å²) in [5.41, 5.74) is 1.92. The van der Waals surface area contributed by atoms with Gasteiger partial charge in [0.25, 0.3) is 5.91 Å². The quantitative estimate of drug-likeness (QED) is 0.442. The molecule has 2 aromatic carbocycles. The number of esters is 1. The van der Waals surface area contributed by atoms with E-state index in [0.717, 1.165) is 10.2 Å². The predicted octanol–water partition coefficient (Wildman–Crippen LogP) is 4.23. The van der Waals surface area contributed by atoms with Gasteiger partial charge in [0, 0.05) is 5.56 Å². The van der Waals surface area contributed by atoms with Crippen LogP contribution in [0.2, 0.25) is 5.02 Å². The second-order valence-corrected chi connectivity index (χ2v) is 7.79. The molecule has 0 aliphatic heterocycles. The van der Waals surface area contributed by atoms with E-state index < -0.39 is 11.9 Å². The zero-order valence-corrected chi connectivity index (χ0v) is 17.7. The third-order valence-electron chi connectivity index (χ3n) is 4.51. The van der Waals surface area contributed by atoms with Crippen LogP contribution in [0.5, 0.6) is 0 Å².